The maximum Gasteiger partial charge on any atom is 0.228 e. The molecule has 2 aromatic rings. The van der Waals surface area contributed by atoms with Gasteiger partial charge in [0.05, 0.1) is 13.7 Å². The standard InChI is InChI=1S/C18H27N5O3/c1-6-25-14-8-7-13(11-15(14)24-5)21-18(19-4)20-10-9-16-22-17(12(2)3)23-26-16/h7-8,11-12H,6,9-10H2,1-5H3,(H2,19,20,21). The van der Waals surface area contributed by atoms with Gasteiger partial charge in [-0.25, -0.2) is 0 Å². The highest BCUT2D eigenvalue weighted by atomic mass is 16.5. The van der Waals surface area contributed by atoms with Crippen LogP contribution >= 0.6 is 0 Å². The molecule has 142 valence electrons. The van der Waals surface area contributed by atoms with Crippen LogP contribution in [0.4, 0.5) is 5.69 Å². The van der Waals surface area contributed by atoms with Crippen molar-refractivity contribution in [1.29, 1.82) is 0 Å². The highest BCUT2D eigenvalue weighted by molar-refractivity contribution is 5.93. The van der Waals surface area contributed by atoms with Gasteiger partial charge in [-0.1, -0.05) is 19.0 Å². The Balaban J connectivity index is 1.90. The van der Waals surface area contributed by atoms with Gasteiger partial charge < -0.3 is 24.6 Å². The first-order valence-electron chi connectivity index (χ1n) is 8.68. The van der Waals surface area contributed by atoms with Crippen molar-refractivity contribution in [3.05, 3.63) is 29.9 Å². The Morgan fingerprint density at radius 3 is 2.73 bits per heavy atom. The van der Waals surface area contributed by atoms with Crippen molar-refractivity contribution in [3.63, 3.8) is 0 Å². The lowest BCUT2D eigenvalue weighted by atomic mass is 10.2. The molecule has 26 heavy (non-hydrogen) atoms. The van der Waals surface area contributed by atoms with Crippen LogP contribution in [0.5, 0.6) is 11.5 Å². The molecule has 8 heteroatoms. The average Bonchev–Trinajstić information content (AvgIpc) is 3.11. The molecule has 1 aromatic heterocycles. The summed E-state index contributed by atoms with van der Waals surface area (Å²) in [6.45, 7) is 7.20. The number of aliphatic imine (C=N–C) groups is 1. The molecule has 0 radical (unpaired) electrons. The summed E-state index contributed by atoms with van der Waals surface area (Å²) in [4.78, 5) is 8.58. The van der Waals surface area contributed by atoms with Crippen LogP contribution in [0.15, 0.2) is 27.7 Å². The lowest BCUT2D eigenvalue weighted by molar-refractivity contribution is 0.311. The van der Waals surface area contributed by atoms with Crippen LogP contribution in [0.2, 0.25) is 0 Å². The number of nitrogens with one attached hydrogen (secondary N) is 2. The van der Waals surface area contributed by atoms with E-state index < -0.39 is 0 Å². The van der Waals surface area contributed by atoms with Gasteiger partial charge in [-0.05, 0) is 19.1 Å². The Kier molecular flexibility index (Phi) is 7.25. The first kappa shape index (κ1) is 19.6. The van der Waals surface area contributed by atoms with Crippen LogP contribution < -0.4 is 20.1 Å². The van der Waals surface area contributed by atoms with Crippen molar-refractivity contribution in [2.75, 3.05) is 32.6 Å². The van der Waals surface area contributed by atoms with Crippen LogP contribution in [0.25, 0.3) is 0 Å². The van der Waals surface area contributed by atoms with Crippen molar-refractivity contribution in [2.45, 2.75) is 33.1 Å². The van der Waals surface area contributed by atoms with Crippen LogP contribution in [-0.2, 0) is 6.42 Å². The summed E-state index contributed by atoms with van der Waals surface area (Å²) in [7, 11) is 3.33. The number of hydrogen-bond acceptors (Lipinski definition) is 6. The fourth-order valence-electron chi connectivity index (χ4n) is 2.23. The van der Waals surface area contributed by atoms with Crippen molar-refractivity contribution in [3.8, 4) is 11.5 Å². The third kappa shape index (κ3) is 5.37. The molecule has 0 spiro atoms. The molecule has 0 atom stereocenters. The topological polar surface area (TPSA) is 93.8 Å². The SMILES string of the molecule is CCOc1ccc(NC(=NC)NCCc2nc(C(C)C)no2)cc1OC. The molecule has 0 aliphatic carbocycles. The molecule has 8 nitrogen and oxygen atoms in total. The maximum atomic E-state index is 5.52. The molecule has 0 amide bonds. The van der Waals surface area contributed by atoms with E-state index in [0.29, 0.717) is 42.9 Å². The maximum absolute atomic E-state index is 5.52. The van der Waals surface area contributed by atoms with E-state index in [1.54, 1.807) is 14.2 Å². The largest absolute Gasteiger partial charge is 0.493 e. The first-order valence-corrected chi connectivity index (χ1v) is 8.68. The molecule has 0 bridgehead atoms. The number of guanidine groups is 1. The summed E-state index contributed by atoms with van der Waals surface area (Å²) in [6.07, 6.45) is 0.618. The summed E-state index contributed by atoms with van der Waals surface area (Å²) < 4.78 is 16.1. The molecule has 1 heterocycles. The number of anilines is 1. The second-order valence-corrected chi connectivity index (χ2v) is 5.87. The van der Waals surface area contributed by atoms with Gasteiger partial charge in [0.25, 0.3) is 0 Å². The normalized spacial score (nSPS) is 11.5. The van der Waals surface area contributed by atoms with Gasteiger partial charge in [-0.3, -0.25) is 4.99 Å². The molecule has 2 N–H and O–H groups in total. The quantitative estimate of drug-likeness (QED) is 0.551. The van der Waals surface area contributed by atoms with Gasteiger partial charge in [0.2, 0.25) is 5.89 Å². The number of hydrogen-bond donors (Lipinski definition) is 2. The Hall–Kier alpha value is -2.77. The molecular formula is C18H27N5O3. The zero-order chi connectivity index (χ0) is 18.9. The van der Waals surface area contributed by atoms with Crippen molar-refractivity contribution < 1.29 is 14.0 Å². The highest BCUT2D eigenvalue weighted by Gasteiger charge is 2.10. The Morgan fingerprint density at radius 1 is 1.31 bits per heavy atom. The average molecular weight is 361 g/mol. The van der Waals surface area contributed by atoms with E-state index >= 15 is 0 Å². The second kappa shape index (κ2) is 9.65. The molecule has 1 aromatic carbocycles. The van der Waals surface area contributed by atoms with E-state index in [-0.39, 0.29) is 5.92 Å². The molecule has 0 aliphatic heterocycles. The second-order valence-electron chi connectivity index (χ2n) is 5.87. The summed E-state index contributed by atoms with van der Waals surface area (Å²) in [5.41, 5.74) is 0.846. The van der Waals surface area contributed by atoms with E-state index in [1.807, 2.05) is 39.0 Å². The smallest absolute Gasteiger partial charge is 0.228 e. The minimum absolute atomic E-state index is 0.254. The van der Waals surface area contributed by atoms with Gasteiger partial charge in [0, 0.05) is 37.7 Å². The van der Waals surface area contributed by atoms with Gasteiger partial charge in [-0.2, -0.15) is 4.98 Å². The Morgan fingerprint density at radius 2 is 2.12 bits per heavy atom. The number of nitrogens with zero attached hydrogens (tertiary/aromatic N) is 3. The van der Waals surface area contributed by atoms with E-state index in [4.69, 9.17) is 14.0 Å². The van der Waals surface area contributed by atoms with Crippen LogP contribution in [-0.4, -0.2) is 43.4 Å². The van der Waals surface area contributed by atoms with E-state index in [1.165, 1.54) is 0 Å². The third-order valence-corrected chi connectivity index (χ3v) is 3.58. The number of ether oxygens (including phenoxy) is 2. The molecular weight excluding hydrogens is 334 g/mol. The molecule has 0 unspecified atom stereocenters. The van der Waals surface area contributed by atoms with Crippen LogP contribution in [0.1, 0.15) is 38.4 Å². The van der Waals surface area contributed by atoms with Gasteiger partial charge in [-0.15, -0.1) is 0 Å². The third-order valence-electron chi connectivity index (χ3n) is 3.58. The number of aromatic nitrogens is 2. The molecule has 0 saturated heterocycles. The lowest BCUT2D eigenvalue weighted by Crippen LogP contribution is -2.32. The zero-order valence-corrected chi connectivity index (χ0v) is 16.0. The van der Waals surface area contributed by atoms with Crippen LogP contribution in [0, 0.1) is 0 Å². The van der Waals surface area contributed by atoms with Crippen molar-refractivity contribution in [2.24, 2.45) is 4.99 Å². The van der Waals surface area contributed by atoms with Crippen molar-refractivity contribution >= 4 is 11.6 Å². The number of methoxy groups -OCH3 is 1. The Bertz CT molecular complexity index is 727. The lowest BCUT2D eigenvalue weighted by Gasteiger charge is -2.14. The van der Waals surface area contributed by atoms with Gasteiger partial charge in [0.1, 0.15) is 0 Å². The molecule has 2 rings (SSSR count). The highest BCUT2D eigenvalue weighted by Crippen LogP contribution is 2.30. The fraction of sp³-hybridized carbons (Fsp3) is 0.500. The predicted octanol–water partition coefficient (Wildman–Crippen LogP) is 2.83. The molecule has 0 aliphatic rings. The van der Waals surface area contributed by atoms with E-state index in [2.05, 4.69) is 25.8 Å². The van der Waals surface area contributed by atoms with E-state index in [0.717, 1.165) is 11.5 Å². The number of rotatable bonds is 8. The number of benzene rings is 1. The van der Waals surface area contributed by atoms with Gasteiger partial charge in [0.15, 0.2) is 23.3 Å². The minimum Gasteiger partial charge on any atom is -0.493 e. The minimum atomic E-state index is 0.254. The summed E-state index contributed by atoms with van der Waals surface area (Å²) in [6, 6.07) is 5.64. The van der Waals surface area contributed by atoms with Crippen LogP contribution in [0.3, 0.4) is 0 Å². The summed E-state index contributed by atoms with van der Waals surface area (Å²) in [5.74, 6) is 3.60. The van der Waals surface area contributed by atoms with E-state index in [9.17, 15) is 0 Å². The molecule has 0 fully saturated rings. The first-order chi connectivity index (χ1) is 12.6. The fourth-order valence-corrected chi connectivity index (χ4v) is 2.23. The monoisotopic (exact) mass is 361 g/mol. The summed E-state index contributed by atoms with van der Waals surface area (Å²) >= 11 is 0. The predicted molar refractivity (Wildman–Crippen MR) is 101 cm³/mol. The summed E-state index contributed by atoms with van der Waals surface area (Å²) in [5, 5.41) is 10.4. The molecule has 0 saturated carbocycles. The Labute approximate surface area is 154 Å². The van der Waals surface area contributed by atoms with Gasteiger partial charge >= 0.3 is 0 Å². The van der Waals surface area contributed by atoms with Crippen molar-refractivity contribution in [1.82, 2.24) is 15.5 Å². The zero-order valence-electron chi connectivity index (χ0n) is 16.0.